The Morgan fingerprint density at radius 3 is 2.74 bits per heavy atom. The van der Waals surface area contributed by atoms with Crippen LogP contribution in [0.15, 0.2) is 24.3 Å². The Labute approximate surface area is 136 Å². The van der Waals surface area contributed by atoms with Crippen LogP contribution in [-0.2, 0) is 0 Å². The average Bonchev–Trinajstić information content (AvgIpc) is 2.53. The van der Waals surface area contributed by atoms with Gasteiger partial charge in [0.15, 0.2) is 0 Å². The first kappa shape index (κ1) is 17.2. The first-order valence-corrected chi connectivity index (χ1v) is 7.81. The van der Waals surface area contributed by atoms with E-state index in [0.29, 0.717) is 17.7 Å². The normalized spacial score (nSPS) is 13.6. The molecule has 124 valence electrons. The number of amides is 1. The number of fused-ring (bicyclic) bond motifs is 1. The van der Waals surface area contributed by atoms with Gasteiger partial charge in [-0.15, -0.1) is 0 Å². The SMILES string of the molecule is CCC(C)(CCO)NC(=O)c1cc(C)nc2ccc(OC)cc12. The van der Waals surface area contributed by atoms with Crippen LogP contribution in [0.25, 0.3) is 10.9 Å². The first-order valence-electron chi connectivity index (χ1n) is 7.81. The third kappa shape index (κ3) is 3.79. The standard InChI is InChI=1S/C18H24N2O3/c1-5-18(3,8-9-21)20-17(22)15-10-12(2)19-16-7-6-13(23-4)11-14(15)16/h6-7,10-11,21H,5,8-9H2,1-4H3,(H,20,22). The number of methoxy groups -OCH3 is 1. The lowest BCUT2D eigenvalue weighted by atomic mass is 9.94. The lowest BCUT2D eigenvalue weighted by Crippen LogP contribution is -2.46. The van der Waals surface area contributed by atoms with Gasteiger partial charge in [-0.3, -0.25) is 9.78 Å². The van der Waals surface area contributed by atoms with E-state index in [4.69, 9.17) is 4.74 Å². The summed E-state index contributed by atoms with van der Waals surface area (Å²) in [5.41, 5.74) is 1.68. The number of benzene rings is 1. The fourth-order valence-corrected chi connectivity index (χ4v) is 2.57. The average molecular weight is 316 g/mol. The molecule has 0 aliphatic heterocycles. The lowest BCUT2D eigenvalue weighted by Gasteiger charge is -2.29. The van der Waals surface area contributed by atoms with Gasteiger partial charge in [0.25, 0.3) is 5.91 Å². The van der Waals surface area contributed by atoms with Crippen molar-refractivity contribution in [3.63, 3.8) is 0 Å². The van der Waals surface area contributed by atoms with Gasteiger partial charge < -0.3 is 15.2 Å². The molecule has 1 heterocycles. The molecule has 0 aliphatic carbocycles. The predicted molar refractivity (Wildman–Crippen MR) is 90.9 cm³/mol. The molecule has 0 fully saturated rings. The zero-order valence-electron chi connectivity index (χ0n) is 14.1. The van der Waals surface area contributed by atoms with Crippen LogP contribution >= 0.6 is 0 Å². The minimum Gasteiger partial charge on any atom is -0.497 e. The van der Waals surface area contributed by atoms with Crippen molar-refractivity contribution in [1.82, 2.24) is 10.3 Å². The van der Waals surface area contributed by atoms with Crippen molar-refractivity contribution >= 4 is 16.8 Å². The van der Waals surface area contributed by atoms with E-state index in [-0.39, 0.29) is 12.5 Å². The van der Waals surface area contributed by atoms with E-state index in [1.807, 2.05) is 39.0 Å². The Bertz CT molecular complexity index is 715. The molecule has 1 aromatic carbocycles. The molecule has 0 bridgehead atoms. The summed E-state index contributed by atoms with van der Waals surface area (Å²) < 4.78 is 5.26. The van der Waals surface area contributed by atoms with Crippen molar-refractivity contribution in [3.8, 4) is 5.75 Å². The molecule has 1 aromatic heterocycles. The highest BCUT2D eigenvalue weighted by molar-refractivity contribution is 6.06. The van der Waals surface area contributed by atoms with Gasteiger partial charge >= 0.3 is 0 Å². The van der Waals surface area contributed by atoms with E-state index in [1.54, 1.807) is 13.2 Å². The number of aromatic nitrogens is 1. The molecule has 2 rings (SSSR count). The van der Waals surface area contributed by atoms with Gasteiger partial charge in [0.05, 0.1) is 18.2 Å². The predicted octanol–water partition coefficient (Wildman–Crippen LogP) is 2.83. The van der Waals surface area contributed by atoms with Crippen LogP contribution in [-0.4, -0.2) is 35.3 Å². The van der Waals surface area contributed by atoms with Gasteiger partial charge in [-0.25, -0.2) is 0 Å². The summed E-state index contributed by atoms with van der Waals surface area (Å²) in [7, 11) is 1.60. The molecule has 0 radical (unpaired) electrons. The van der Waals surface area contributed by atoms with Crippen molar-refractivity contribution in [2.45, 2.75) is 39.2 Å². The minimum absolute atomic E-state index is 0.0363. The molecule has 1 amide bonds. The van der Waals surface area contributed by atoms with E-state index >= 15 is 0 Å². The van der Waals surface area contributed by atoms with Gasteiger partial charge in [-0.05, 0) is 51.0 Å². The van der Waals surface area contributed by atoms with E-state index in [0.717, 1.165) is 23.0 Å². The number of nitrogens with zero attached hydrogens (tertiary/aromatic N) is 1. The van der Waals surface area contributed by atoms with Crippen molar-refractivity contribution in [1.29, 1.82) is 0 Å². The van der Waals surface area contributed by atoms with Crippen LogP contribution in [0.3, 0.4) is 0 Å². The van der Waals surface area contributed by atoms with E-state index in [2.05, 4.69) is 10.3 Å². The number of hydrogen-bond acceptors (Lipinski definition) is 4. The van der Waals surface area contributed by atoms with Gasteiger partial charge in [-0.2, -0.15) is 0 Å². The number of ether oxygens (including phenoxy) is 1. The molecule has 5 heteroatoms. The second-order valence-electron chi connectivity index (χ2n) is 6.04. The molecule has 5 nitrogen and oxygen atoms in total. The fraction of sp³-hybridized carbons (Fsp3) is 0.444. The van der Waals surface area contributed by atoms with E-state index in [1.165, 1.54) is 0 Å². The highest BCUT2D eigenvalue weighted by Gasteiger charge is 2.25. The summed E-state index contributed by atoms with van der Waals surface area (Å²) in [4.78, 5) is 17.3. The van der Waals surface area contributed by atoms with Crippen LogP contribution in [0, 0.1) is 6.92 Å². The summed E-state index contributed by atoms with van der Waals surface area (Å²) in [6.45, 7) is 5.84. The third-order valence-electron chi connectivity index (χ3n) is 4.25. The fourth-order valence-electron chi connectivity index (χ4n) is 2.57. The van der Waals surface area contributed by atoms with Crippen LogP contribution < -0.4 is 10.1 Å². The van der Waals surface area contributed by atoms with Gasteiger partial charge in [0, 0.05) is 23.2 Å². The van der Waals surface area contributed by atoms with Crippen LogP contribution in [0.2, 0.25) is 0 Å². The zero-order valence-corrected chi connectivity index (χ0v) is 14.1. The second kappa shape index (κ2) is 6.96. The Kier molecular flexibility index (Phi) is 5.21. The number of nitrogens with one attached hydrogen (secondary N) is 1. The second-order valence-corrected chi connectivity index (χ2v) is 6.04. The molecule has 1 unspecified atom stereocenters. The third-order valence-corrected chi connectivity index (χ3v) is 4.25. The maximum Gasteiger partial charge on any atom is 0.252 e. The summed E-state index contributed by atoms with van der Waals surface area (Å²) in [6.07, 6.45) is 1.26. The number of rotatable bonds is 6. The number of aliphatic hydroxyl groups excluding tert-OH is 1. The maximum absolute atomic E-state index is 12.8. The number of hydrogen-bond donors (Lipinski definition) is 2. The van der Waals surface area contributed by atoms with Crippen molar-refractivity contribution in [2.75, 3.05) is 13.7 Å². The summed E-state index contributed by atoms with van der Waals surface area (Å²) in [5.74, 6) is 0.525. The molecular formula is C18H24N2O3. The highest BCUT2D eigenvalue weighted by atomic mass is 16.5. The molecule has 2 aromatic rings. The summed E-state index contributed by atoms with van der Waals surface area (Å²) >= 11 is 0. The quantitative estimate of drug-likeness (QED) is 0.859. The lowest BCUT2D eigenvalue weighted by molar-refractivity contribution is 0.0887. The van der Waals surface area contributed by atoms with Gasteiger partial charge in [-0.1, -0.05) is 6.92 Å². The van der Waals surface area contributed by atoms with Crippen LogP contribution in [0.1, 0.15) is 42.7 Å². The highest BCUT2D eigenvalue weighted by Crippen LogP contribution is 2.25. The Hall–Kier alpha value is -2.14. The minimum atomic E-state index is -0.436. The van der Waals surface area contributed by atoms with Gasteiger partial charge in [0.1, 0.15) is 5.75 Å². The number of carbonyl (C=O) groups excluding carboxylic acids is 1. The molecule has 23 heavy (non-hydrogen) atoms. The molecule has 0 spiro atoms. The largest absolute Gasteiger partial charge is 0.497 e. The zero-order chi connectivity index (χ0) is 17.0. The molecule has 0 saturated heterocycles. The molecule has 0 saturated carbocycles. The number of aryl methyl sites for hydroxylation is 1. The van der Waals surface area contributed by atoms with Crippen molar-refractivity contribution in [3.05, 3.63) is 35.5 Å². The Morgan fingerprint density at radius 2 is 2.13 bits per heavy atom. The summed E-state index contributed by atoms with van der Waals surface area (Å²) in [5, 5.41) is 13.0. The van der Waals surface area contributed by atoms with Crippen molar-refractivity contribution < 1.29 is 14.6 Å². The monoisotopic (exact) mass is 316 g/mol. The molecule has 2 N–H and O–H groups in total. The number of aliphatic hydroxyl groups is 1. The van der Waals surface area contributed by atoms with E-state index in [9.17, 15) is 9.90 Å². The van der Waals surface area contributed by atoms with Crippen LogP contribution in [0.4, 0.5) is 0 Å². The van der Waals surface area contributed by atoms with E-state index < -0.39 is 5.54 Å². The molecular weight excluding hydrogens is 292 g/mol. The topological polar surface area (TPSA) is 71.5 Å². The summed E-state index contributed by atoms with van der Waals surface area (Å²) in [6, 6.07) is 7.29. The van der Waals surface area contributed by atoms with Gasteiger partial charge in [0.2, 0.25) is 0 Å². The van der Waals surface area contributed by atoms with Crippen LogP contribution in [0.5, 0.6) is 5.75 Å². The van der Waals surface area contributed by atoms with Crippen molar-refractivity contribution in [2.24, 2.45) is 0 Å². The number of pyridine rings is 1. The molecule has 1 atom stereocenters. The first-order chi connectivity index (χ1) is 10.9. The molecule has 0 aliphatic rings. The maximum atomic E-state index is 12.8. The smallest absolute Gasteiger partial charge is 0.252 e. The Balaban J connectivity index is 2.46. The number of carbonyl (C=O) groups is 1. The Morgan fingerprint density at radius 1 is 1.39 bits per heavy atom.